The third-order valence-corrected chi connectivity index (χ3v) is 3.27. The molecule has 0 fully saturated rings. The van der Waals surface area contributed by atoms with Crippen molar-refractivity contribution < 1.29 is 9.18 Å². The van der Waals surface area contributed by atoms with E-state index in [0.29, 0.717) is 19.6 Å². The van der Waals surface area contributed by atoms with Gasteiger partial charge in [0.25, 0.3) is 0 Å². The standard InChI is InChI=1S/C17H25FN2O/c1-4-11-20(13-17(2,3)12-19)16(21)10-7-14-5-8-15(18)9-6-14/h5-10H,4,11-13,19H2,1-3H3. The molecule has 116 valence electrons. The van der Waals surface area contributed by atoms with Crippen molar-refractivity contribution in [1.29, 1.82) is 0 Å². The number of rotatable bonds is 7. The number of benzene rings is 1. The highest BCUT2D eigenvalue weighted by Gasteiger charge is 2.22. The monoisotopic (exact) mass is 292 g/mol. The Morgan fingerprint density at radius 1 is 1.33 bits per heavy atom. The highest BCUT2D eigenvalue weighted by molar-refractivity contribution is 5.91. The van der Waals surface area contributed by atoms with Crippen molar-refractivity contribution in [3.8, 4) is 0 Å². The summed E-state index contributed by atoms with van der Waals surface area (Å²) in [6, 6.07) is 6.05. The van der Waals surface area contributed by atoms with E-state index in [1.165, 1.54) is 18.2 Å². The topological polar surface area (TPSA) is 46.3 Å². The Bertz CT molecular complexity index is 480. The second kappa shape index (κ2) is 7.93. The molecule has 0 aliphatic carbocycles. The minimum Gasteiger partial charge on any atom is -0.339 e. The number of halogens is 1. The first-order chi connectivity index (χ1) is 9.88. The summed E-state index contributed by atoms with van der Waals surface area (Å²) in [6.07, 6.45) is 4.14. The second-order valence-corrected chi connectivity index (χ2v) is 6.01. The summed E-state index contributed by atoms with van der Waals surface area (Å²) >= 11 is 0. The van der Waals surface area contributed by atoms with Crippen molar-refractivity contribution in [3.63, 3.8) is 0 Å². The number of carbonyl (C=O) groups is 1. The molecule has 0 heterocycles. The molecule has 0 unspecified atom stereocenters. The first-order valence-electron chi connectivity index (χ1n) is 7.30. The predicted octanol–water partition coefficient (Wildman–Crippen LogP) is 3.06. The van der Waals surface area contributed by atoms with Gasteiger partial charge in [-0.2, -0.15) is 0 Å². The molecule has 3 nitrogen and oxygen atoms in total. The van der Waals surface area contributed by atoms with Crippen LogP contribution in [0.3, 0.4) is 0 Å². The lowest BCUT2D eigenvalue weighted by Gasteiger charge is -2.31. The molecule has 0 aromatic heterocycles. The van der Waals surface area contributed by atoms with Gasteiger partial charge in [0.2, 0.25) is 5.91 Å². The summed E-state index contributed by atoms with van der Waals surface area (Å²) in [5.41, 5.74) is 6.44. The van der Waals surface area contributed by atoms with Gasteiger partial charge < -0.3 is 10.6 Å². The molecule has 0 aliphatic rings. The Balaban J connectivity index is 2.74. The van der Waals surface area contributed by atoms with E-state index in [2.05, 4.69) is 0 Å². The summed E-state index contributed by atoms with van der Waals surface area (Å²) in [5, 5.41) is 0. The summed E-state index contributed by atoms with van der Waals surface area (Å²) < 4.78 is 12.8. The van der Waals surface area contributed by atoms with Crippen LogP contribution in [0.5, 0.6) is 0 Å². The zero-order valence-corrected chi connectivity index (χ0v) is 13.1. The maximum Gasteiger partial charge on any atom is 0.246 e. The van der Waals surface area contributed by atoms with Gasteiger partial charge in [-0.1, -0.05) is 32.9 Å². The predicted molar refractivity (Wildman–Crippen MR) is 85.1 cm³/mol. The Kier molecular flexibility index (Phi) is 6.56. The number of amides is 1. The van der Waals surface area contributed by atoms with Crippen LogP contribution in [-0.4, -0.2) is 30.4 Å². The maximum absolute atomic E-state index is 12.8. The number of nitrogens with zero attached hydrogens (tertiary/aromatic N) is 1. The quantitative estimate of drug-likeness (QED) is 0.785. The molecule has 0 atom stereocenters. The van der Waals surface area contributed by atoms with E-state index in [9.17, 15) is 9.18 Å². The first kappa shape index (κ1) is 17.4. The molecular weight excluding hydrogens is 267 g/mol. The van der Waals surface area contributed by atoms with E-state index in [0.717, 1.165) is 12.0 Å². The lowest BCUT2D eigenvalue weighted by atomic mass is 9.93. The van der Waals surface area contributed by atoms with Crippen molar-refractivity contribution in [1.82, 2.24) is 4.90 Å². The van der Waals surface area contributed by atoms with Crippen molar-refractivity contribution in [2.24, 2.45) is 11.1 Å². The van der Waals surface area contributed by atoms with E-state index in [1.54, 1.807) is 18.2 Å². The molecule has 0 radical (unpaired) electrons. The summed E-state index contributed by atoms with van der Waals surface area (Å²) in [6.45, 7) is 8.00. The molecule has 0 spiro atoms. The second-order valence-electron chi connectivity index (χ2n) is 6.01. The van der Waals surface area contributed by atoms with Crippen LogP contribution in [0.1, 0.15) is 32.8 Å². The molecule has 1 amide bonds. The van der Waals surface area contributed by atoms with Crippen molar-refractivity contribution in [3.05, 3.63) is 41.7 Å². The average molecular weight is 292 g/mol. The van der Waals surface area contributed by atoms with Gasteiger partial charge in [-0.3, -0.25) is 4.79 Å². The van der Waals surface area contributed by atoms with Gasteiger partial charge in [0, 0.05) is 19.2 Å². The minimum absolute atomic E-state index is 0.0392. The van der Waals surface area contributed by atoms with Gasteiger partial charge in [-0.05, 0) is 42.2 Å². The van der Waals surface area contributed by atoms with Crippen LogP contribution < -0.4 is 5.73 Å². The molecule has 0 bridgehead atoms. The highest BCUT2D eigenvalue weighted by Crippen LogP contribution is 2.16. The van der Waals surface area contributed by atoms with Crippen LogP contribution in [-0.2, 0) is 4.79 Å². The lowest BCUT2D eigenvalue weighted by Crippen LogP contribution is -2.41. The number of nitrogens with two attached hydrogens (primary N) is 1. The van der Waals surface area contributed by atoms with Crippen LogP contribution in [0.2, 0.25) is 0 Å². The molecule has 0 saturated heterocycles. The number of hydrogen-bond acceptors (Lipinski definition) is 2. The van der Waals surface area contributed by atoms with Crippen molar-refractivity contribution >= 4 is 12.0 Å². The molecule has 4 heteroatoms. The van der Waals surface area contributed by atoms with Gasteiger partial charge in [0.1, 0.15) is 5.82 Å². The van der Waals surface area contributed by atoms with E-state index < -0.39 is 0 Å². The fraction of sp³-hybridized carbons (Fsp3) is 0.471. The van der Waals surface area contributed by atoms with Crippen LogP contribution in [0.4, 0.5) is 4.39 Å². The van der Waals surface area contributed by atoms with E-state index in [1.807, 2.05) is 25.7 Å². The van der Waals surface area contributed by atoms with Crippen molar-refractivity contribution in [2.45, 2.75) is 27.2 Å². The fourth-order valence-electron chi connectivity index (χ4n) is 1.97. The molecular formula is C17H25FN2O. The molecule has 1 aromatic carbocycles. The van der Waals surface area contributed by atoms with E-state index in [4.69, 9.17) is 5.73 Å². The summed E-state index contributed by atoms with van der Waals surface area (Å²) in [5.74, 6) is -0.321. The average Bonchev–Trinajstić information content (AvgIpc) is 2.46. The van der Waals surface area contributed by atoms with Crippen LogP contribution in [0, 0.1) is 11.2 Å². The Morgan fingerprint density at radius 3 is 2.48 bits per heavy atom. The minimum atomic E-state index is -0.282. The van der Waals surface area contributed by atoms with Gasteiger partial charge >= 0.3 is 0 Å². The Hall–Kier alpha value is -1.68. The van der Waals surface area contributed by atoms with E-state index in [-0.39, 0.29) is 17.1 Å². The maximum atomic E-state index is 12.8. The largest absolute Gasteiger partial charge is 0.339 e. The normalized spacial score (nSPS) is 11.9. The van der Waals surface area contributed by atoms with Crippen LogP contribution >= 0.6 is 0 Å². The zero-order valence-electron chi connectivity index (χ0n) is 13.1. The van der Waals surface area contributed by atoms with E-state index >= 15 is 0 Å². The smallest absolute Gasteiger partial charge is 0.246 e. The van der Waals surface area contributed by atoms with Gasteiger partial charge in [-0.25, -0.2) is 4.39 Å². The lowest BCUT2D eigenvalue weighted by molar-refractivity contribution is -0.127. The number of carbonyl (C=O) groups excluding carboxylic acids is 1. The molecule has 0 saturated carbocycles. The fourth-order valence-corrected chi connectivity index (χ4v) is 1.97. The zero-order chi connectivity index (χ0) is 15.9. The number of hydrogen-bond donors (Lipinski definition) is 1. The molecule has 1 aromatic rings. The van der Waals surface area contributed by atoms with Gasteiger partial charge in [-0.15, -0.1) is 0 Å². The summed E-state index contributed by atoms with van der Waals surface area (Å²) in [7, 11) is 0. The molecule has 21 heavy (non-hydrogen) atoms. The highest BCUT2D eigenvalue weighted by atomic mass is 19.1. The molecule has 2 N–H and O–H groups in total. The first-order valence-corrected chi connectivity index (χ1v) is 7.30. The summed E-state index contributed by atoms with van der Waals surface area (Å²) in [4.78, 5) is 14.1. The third-order valence-electron chi connectivity index (χ3n) is 3.27. The SMILES string of the molecule is CCCN(CC(C)(C)CN)C(=O)C=Cc1ccc(F)cc1. The van der Waals surface area contributed by atoms with Crippen molar-refractivity contribution in [2.75, 3.05) is 19.6 Å². The van der Waals surface area contributed by atoms with Gasteiger partial charge in [0.05, 0.1) is 0 Å². The van der Waals surface area contributed by atoms with Crippen LogP contribution in [0.25, 0.3) is 6.08 Å². The third kappa shape index (κ3) is 6.08. The Labute approximate surface area is 126 Å². The van der Waals surface area contributed by atoms with Crippen LogP contribution in [0.15, 0.2) is 30.3 Å². The Morgan fingerprint density at radius 2 is 1.95 bits per heavy atom. The molecule has 0 aliphatic heterocycles. The van der Waals surface area contributed by atoms with Gasteiger partial charge in [0.15, 0.2) is 0 Å². The molecule has 1 rings (SSSR count).